The Morgan fingerprint density at radius 1 is 1.67 bits per heavy atom. The fourth-order valence-electron chi connectivity index (χ4n) is 0.786. The van der Waals surface area contributed by atoms with Crippen molar-refractivity contribution in [3.63, 3.8) is 0 Å². The van der Waals surface area contributed by atoms with Gasteiger partial charge in [-0.1, -0.05) is 0 Å². The summed E-state index contributed by atoms with van der Waals surface area (Å²) in [6.45, 7) is 1.60. The van der Waals surface area contributed by atoms with Crippen LogP contribution >= 0.6 is 11.3 Å². The highest BCUT2D eigenvalue weighted by Gasteiger charge is 2.15. The van der Waals surface area contributed by atoms with E-state index < -0.39 is 11.9 Å². The molecule has 1 unspecified atom stereocenters. The largest absolute Gasteiger partial charge is 0.481 e. The molecule has 0 saturated carbocycles. The minimum Gasteiger partial charge on any atom is -0.481 e. The second-order valence-corrected chi connectivity index (χ2v) is 3.56. The van der Waals surface area contributed by atoms with Crippen molar-refractivity contribution in [2.75, 3.05) is 0 Å². The molecule has 4 heteroatoms. The van der Waals surface area contributed by atoms with Crippen molar-refractivity contribution >= 4 is 23.6 Å². The maximum atomic E-state index is 10.5. The van der Waals surface area contributed by atoms with Crippen molar-refractivity contribution in [1.82, 2.24) is 0 Å². The van der Waals surface area contributed by atoms with Crippen molar-refractivity contribution in [2.24, 2.45) is 0 Å². The van der Waals surface area contributed by atoms with E-state index in [9.17, 15) is 9.59 Å². The van der Waals surface area contributed by atoms with Crippen LogP contribution in [0.5, 0.6) is 0 Å². The Morgan fingerprint density at radius 3 is 2.75 bits per heavy atom. The SMILES string of the molecule is CC(C(=O)O)c1ccc(C=O)s1. The Hall–Kier alpha value is -1.16. The Labute approximate surface area is 73.6 Å². The maximum absolute atomic E-state index is 10.5. The van der Waals surface area contributed by atoms with E-state index in [2.05, 4.69) is 0 Å². The molecule has 1 heterocycles. The number of carbonyl (C=O) groups is 2. The Morgan fingerprint density at radius 2 is 2.33 bits per heavy atom. The third kappa shape index (κ3) is 1.71. The van der Waals surface area contributed by atoms with Crippen LogP contribution in [0.3, 0.4) is 0 Å². The lowest BCUT2D eigenvalue weighted by Crippen LogP contribution is -2.04. The second kappa shape index (κ2) is 3.49. The third-order valence-electron chi connectivity index (χ3n) is 1.56. The first-order valence-electron chi connectivity index (χ1n) is 3.43. The number of carboxylic acids is 1. The smallest absolute Gasteiger partial charge is 0.311 e. The van der Waals surface area contributed by atoms with Crippen LogP contribution in [0.25, 0.3) is 0 Å². The molecule has 0 aliphatic heterocycles. The molecule has 1 N–H and O–H groups in total. The molecule has 12 heavy (non-hydrogen) atoms. The van der Waals surface area contributed by atoms with Crippen molar-refractivity contribution in [2.45, 2.75) is 12.8 Å². The quantitative estimate of drug-likeness (QED) is 0.728. The first kappa shape index (κ1) is 8.93. The van der Waals surface area contributed by atoms with Crippen LogP contribution in [0.1, 0.15) is 27.4 Å². The summed E-state index contributed by atoms with van der Waals surface area (Å²) in [7, 11) is 0. The fourth-order valence-corrected chi connectivity index (χ4v) is 1.66. The van der Waals surface area contributed by atoms with Crippen LogP contribution in [0.2, 0.25) is 0 Å². The van der Waals surface area contributed by atoms with E-state index in [-0.39, 0.29) is 0 Å². The number of hydrogen-bond acceptors (Lipinski definition) is 3. The van der Waals surface area contributed by atoms with Crippen LogP contribution in [0, 0.1) is 0 Å². The zero-order chi connectivity index (χ0) is 9.14. The number of aliphatic carboxylic acids is 1. The number of rotatable bonds is 3. The molecule has 0 aliphatic carbocycles. The lowest BCUT2D eigenvalue weighted by atomic mass is 10.1. The highest BCUT2D eigenvalue weighted by Crippen LogP contribution is 2.23. The van der Waals surface area contributed by atoms with Gasteiger partial charge in [0.1, 0.15) is 0 Å². The number of hydrogen-bond donors (Lipinski definition) is 1. The molecule has 0 aliphatic rings. The van der Waals surface area contributed by atoms with Gasteiger partial charge in [-0.15, -0.1) is 11.3 Å². The Bertz CT molecular complexity index is 303. The number of aldehydes is 1. The summed E-state index contributed by atoms with van der Waals surface area (Å²) in [5.74, 6) is -1.39. The van der Waals surface area contributed by atoms with Crippen LogP contribution in [-0.2, 0) is 4.79 Å². The minimum absolute atomic E-state index is 0.524. The van der Waals surface area contributed by atoms with E-state index in [4.69, 9.17) is 5.11 Å². The van der Waals surface area contributed by atoms with Gasteiger partial charge in [-0.2, -0.15) is 0 Å². The molecule has 0 fully saturated rings. The van der Waals surface area contributed by atoms with Gasteiger partial charge in [0.25, 0.3) is 0 Å². The summed E-state index contributed by atoms with van der Waals surface area (Å²) < 4.78 is 0. The normalized spacial score (nSPS) is 12.4. The van der Waals surface area contributed by atoms with E-state index in [1.165, 1.54) is 11.3 Å². The number of carboxylic acid groups (broad SMARTS) is 1. The fraction of sp³-hybridized carbons (Fsp3) is 0.250. The molecular weight excluding hydrogens is 176 g/mol. The van der Waals surface area contributed by atoms with Crippen molar-refractivity contribution in [3.8, 4) is 0 Å². The topological polar surface area (TPSA) is 54.4 Å². The van der Waals surface area contributed by atoms with E-state index >= 15 is 0 Å². The van der Waals surface area contributed by atoms with Gasteiger partial charge < -0.3 is 5.11 Å². The monoisotopic (exact) mass is 184 g/mol. The Balaban J connectivity index is 2.88. The van der Waals surface area contributed by atoms with Crippen molar-refractivity contribution < 1.29 is 14.7 Å². The molecule has 3 nitrogen and oxygen atoms in total. The first-order chi connectivity index (χ1) is 5.65. The first-order valence-corrected chi connectivity index (χ1v) is 4.24. The van der Waals surface area contributed by atoms with E-state index in [0.29, 0.717) is 9.75 Å². The van der Waals surface area contributed by atoms with Crippen molar-refractivity contribution in [3.05, 3.63) is 21.9 Å². The van der Waals surface area contributed by atoms with Crippen molar-refractivity contribution in [1.29, 1.82) is 0 Å². The highest BCUT2D eigenvalue weighted by atomic mass is 32.1. The zero-order valence-electron chi connectivity index (χ0n) is 6.48. The summed E-state index contributed by atoms with van der Waals surface area (Å²) in [6.07, 6.45) is 0.725. The van der Waals surface area contributed by atoms with Gasteiger partial charge in [0, 0.05) is 4.88 Å². The molecule has 1 rings (SSSR count). The van der Waals surface area contributed by atoms with E-state index in [1.807, 2.05) is 0 Å². The standard InChI is InChI=1S/C8H8O3S/c1-5(8(10)11)7-3-2-6(4-9)12-7/h2-5H,1H3,(H,10,11). The van der Waals surface area contributed by atoms with Gasteiger partial charge in [0.15, 0.2) is 6.29 Å². The molecule has 1 atom stereocenters. The van der Waals surface area contributed by atoms with Gasteiger partial charge in [0.05, 0.1) is 10.8 Å². The molecule has 0 aromatic carbocycles. The molecule has 0 bridgehead atoms. The van der Waals surface area contributed by atoms with Gasteiger partial charge in [0.2, 0.25) is 0 Å². The summed E-state index contributed by atoms with van der Waals surface area (Å²) in [6, 6.07) is 3.31. The van der Waals surface area contributed by atoms with Gasteiger partial charge >= 0.3 is 5.97 Å². The molecule has 1 aromatic rings. The van der Waals surface area contributed by atoms with Crippen LogP contribution < -0.4 is 0 Å². The van der Waals surface area contributed by atoms with Gasteiger partial charge in [-0.05, 0) is 19.1 Å². The van der Waals surface area contributed by atoms with Crippen LogP contribution in [0.15, 0.2) is 12.1 Å². The molecular formula is C8H8O3S. The summed E-state index contributed by atoms with van der Waals surface area (Å²) >= 11 is 1.22. The van der Waals surface area contributed by atoms with Gasteiger partial charge in [-0.3, -0.25) is 9.59 Å². The molecule has 0 amide bonds. The second-order valence-electron chi connectivity index (χ2n) is 2.42. The number of thiophene rings is 1. The van der Waals surface area contributed by atoms with E-state index in [1.54, 1.807) is 19.1 Å². The third-order valence-corrected chi connectivity index (χ3v) is 2.75. The predicted octanol–water partition coefficient (Wildman–Crippen LogP) is 1.75. The summed E-state index contributed by atoms with van der Waals surface area (Å²) in [5, 5.41) is 8.64. The predicted molar refractivity (Wildman–Crippen MR) is 45.8 cm³/mol. The molecule has 0 saturated heterocycles. The lowest BCUT2D eigenvalue weighted by molar-refractivity contribution is -0.138. The average molecular weight is 184 g/mol. The van der Waals surface area contributed by atoms with E-state index in [0.717, 1.165) is 6.29 Å². The molecule has 0 radical (unpaired) electrons. The molecule has 0 spiro atoms. The Kier molecular flexibility index (Phi) is 2.60. The van der Waals surface area contributed by atoms with Crippen LogP contribution in [0.4, 0.5) is 0 Å². The van der Waals surface area contributed by atoms with Gasteiger partial charge in [-0.25, -0.2) is 0 Å². The maximum Gasteiger partial charge on any atom is 0.311 e. The lowest BCUT2D eigenvalue weighted by Gasteiger charge is -1.99. The highest BCUT2D eigenvalue weighted by molar-refractivity contribution is 7.13. The summed E-state index contributed by atoms with van der Waals surface area (Å²) in [5.41, 5.74) is 0. The molecule has 1 aromatic heterocycles. The number of carbonyl (C=O) groups excluding carboxylic acids is 1. The minimum atomic E-state index is -0.866. The zero-order valence-corrected chi connectivity index (χ0v) is 7.30. The molecule has 64 valence electrons. The average Bonchev–Trinajstić information content (AvgIpc) is 2.50. The van der Waals surface area contributed by atoms with Crippen LogP contribution in [-0.4, -0.2) is 17.4 Å². The summed E-state index contributed by atoms with van der Waals surface area (Å²) in [4.78, 5) is 22.1.